The summed E-state index contributed by atoms with van der Waals surface area (Å²) in [6.07, 6.45) is 1.93. The molecular formula is C13H18N2O3. The number of ether oxygens (including phenoxy) is 2. The molecule has 1 fully saturated rings. The van der Waals surface area contributed by atoms with Crippen LogP contribution in [0.25, 0.3) is 0 Å². The lowest BCUT2D eigenvalue weighted by Crippen LogP contribution is -2.35. The smallest absolute Gasteiger partial charge is 0.241 e. The summed E-state index contributed by atoms with van der Waals surface area (Å²) < 4.78 is 10.3. The number of rotatable bonds is 4. The Morgan fingerprint density at radius 2 is 2.11 bits per heavy atom. The predicted molar refractivity (Wildman–Crippen MR) is 69.2 cm³/mol. The van der Waals surface area contributed by atoms with Crippen LogP contribution in [-0.4, -0.2) is 32.7 Å². The molecule has 1 aromatic rings. The number of nitrogens with one attached hydrogen (secondary N) is 2. The molecule has 1 atom stereocenters. The highest BCUT2D eigenvalue weighted by Crippen LogP contribution is 2.29. The number of carbonyl (C=O) groups excluding carboxylic acids is 1. The highest BCUT2D eigenvalue weighted by molar-refractivity contribution is 5.95. The van der Waals surface area contributed by atoms with Crippen molar-refractivity contribution >= 4 is 11.6 Å². The van der Waals surface area contributed by atoms with E-state index in [2.05, 4.69) is 10.6 Å². The maximum atomic E-state index is 11.9. The number of hydrogen-bond acceptors (Lipinski definition) is 4. The van der Waals surface area contributed by atoms with Gasteiger partial charge in [-0.1, -0.05) is 0 Å². The van der Waals surface area contributed by atoms with Crippen molar-refractivity contribution in [3.8, 4) is 11.5 Å². The first kappa shape index (κ1) is 12.7. The number of amides is 1. The van der Waals surface area contributed by atoms with Crippen LogP contribution in [0.4, 0.5) is 5.69 Å². The lowest BCUT2D eigenvalue weighted by Gasteiger charge is -2.13. The maximum Gasteiger partial charge on any atom is 0.241 e. The molecule has 2 N–H and O–H groups in total. The third-order valence-corrected chi connectivity index (χ3v) is 3.03. The zero-order valence-corrected chi connectivity index (χ0v) is 10.7. The van der Waals surface area contributed by atoms with Crippen molar-refractivity contribution in [2.24, 2.45) is 0 Å². The van der Waals surface area contributed by atoms with Crippen molar-refractivity contribution in [2.45, 2.75) is 18.9 Å². The Bertz CT molecular complexity index is 428. The Morgan fingerprint density at radius 3 is 2.72 bits per heavy atom. The van der Waals surface area contributed by atoms with Crippen LogP contribution in [0.5, 0.6) is 11.5 Å². The molecule has 5 nitrogen and oxygen atoms in total. The molecule has 5 heteroatoms. The lowest BCUT2D eigenvalue weighted by molar-refractivity contribution is -0.117. The number of anilines is 1. The minimum atomic E-state index is -0.0851. The van der Waals surface area contributed by atoms with Crippen molar-refractivity contribution in [2.75, 3.05) is 26.1 Å². The van der Waals surface area contributed by atoms with Gasteiger partial charge in [-0.25, -0.2) is 0 Å². The van der Waals surface area contributed by atoms with E-state index in [1.54, 1.807) is 32.4 Å². The van der Waals surface area contributed by atoms with Crippen LogP contribution in [-0.2, 0) is 4.79 Å². The molecule has 0 radical (unpaired) electrons. The molecule has 0 aromatic heterocycles. The molecule has 0 aliphatic carbocycles. The molecule has 1 heterocycles. The Kier molecular flexibility index (Phi) is 4.04. The fraction of sp³-hybridized carbons (Fsp3) is 0.462. The largest absolute Gasteiger partial charge is 0.493 e. The second-order valence-corrected chi connectivity index (χ2v) is 4.21. The predicted octanol–water partition coefficient (Wildman–Crippen LogP) is 1.39. The third-order valence-electron chi connectivity index (χ3n) is 3.03. The monoisotopic (exact) mass is 250 g/mol. The fourth-order valence-electron chi connectivity index (χ4n) is 2.05. The van der Waals surface area contributed by atoms with Gasteiger partial charge < -0.3 is 20.1 Å². The minimum absolute atomic E-state index is 0.000259. The Labute approximate surface area is 106 Å². The van der Waals surface area contributed by atoms with Crippen LogP contribution in [0.3, 0.4) is 0 Å². The van der Waals surface area contributed by atoms with Gasteiger partial charge in [0.15, 0.2) is 11.5 Å². The summed E-state index contributed by atoms with van der Waals surface area (Å²) in [6.45, 7) is 0.907. The van der Waals surface area contributed by atoms with Crippen LogP contribution < -0.4 is 20.1 Å². The number of methoxy groups -OCH3 is 2. The van der Waals surface area contributed by atoms with Gasteiger partial charge in [0, 0.05) is 11.8 Å². The number of hydrogen-bond donors (Lipinski definition) is 2. The summed E-state index contributed by atoms with van der Waals surface area (Å²) in [6, 6.07) is 5.24. The van der Waals surface area contributed by atoms with Crippen molar-refractivity contribution in [1.82, 2.24) is 5.32 Å². The molecule has 2 rings (SSSR count). The van der Waals surface area contributed by atoms with E-state index < -0.39 is 0 Å². The standard InChI is InChI=1S/C13H18N2O3/c1-17-11-6-5-9(8-12(11)18-2)15-13(16)10-4-3-7-14-10/h5-6,8,10,14H,3-4,7H2,1-2H3,(H,15,16)/t10-/m1/s1. The molecule has 0 bridgehead atoms. The Hall–Kier alpha value is -1.75. The molecule has 98 valence electrons. The van der Waals surface area contributed by atoms with Crippen molar-refractivity contribution in [3.63, 3.8) is 0 Å². The van der Waals surface area contributed by atoms with Gasteiger partial charge in [0.05, 0.1) is 20.3 Å². The van der Waals surface area contributed by atoms with E-state index in [4.69, 9.17) is 9.47 Å². The summed E-state index contributed by atoms with van der Waals surface area (Å²) >= 11 is 0. The number of benzene rings is 1. The molecule has 18 heavy (non-hydrogen) atoms. The highest BCUT2D eigenvalue weighted by Gasteiger charge is 2.22. The molecule has 1 saturated heterocycles. The van der Waals surface area contributed by atoms with E-state index in [0.29, 0.717) is 17.2 Å². The first-order chi connectivity index (χ1) is 8.74. The van der Waals surface area contributed by atoms with Gasteiger partial charge in [-0.2, -0.15) is 0 Å². The third kappa shape index (κ3) is 2.73. The average molecular weight is 250 g/mol. The second kappa shape index (κ2) is 5.73. The number of carbonyl (C=O) groups is 1. The summed E-state index contributed by atoms with van der Waals surface area (Å²) in [5.41, 5.74) is 0.714. The lowest BCUT2D eigenvalue weighted by atomic mass is 10.2. The van der Waals surface area contributed by atoms with Gasteiger partial charge in [-0.15, -0.1) is 0 Å². The summed E-state index contributed by atoms with van der Waals surface area (Å²) in [5, 5.41) is 6.03. The Balaban J connectivity index is 2.06. The van der Waals surface area contributed by atoms with Gasteiger partial charge >= 0.3 is 0 Å². The normalized spacial score (nSPS) is 18.4. The quantitative estimate of drug-likeness (QED) is 0.848. The van der Waals surface area contributed by atoms with Crippen molar-refractivity contribution < 1.29 is 14.3 Å². The summed E-state index contributed by atoms with van der Waals surface area (Å²) in [4.78, 5) is 11.9. The van der Waals surface area contributed by atoms with Crippen molar-refractivity contribution in [3.05, 3.63) is 18.2 Å². The first-order valence-electron chi connectivity index (χ1n) is 6.01. The van der Waals surface area contributed by atoms with Gasteiger partial charge in [-0.3, -0.25) is 4.79 Å². The van der Waals surface area contributed by atoms with E-state index in [0.717, 1.165) is 19.4 Å². The van der Waals surface area contributed by atoms with Gasteiger partial charge in [0.25, 0.3) is 0 Å². The minimum Gasteiger partial charge on any atom is -0.493 e. The molecule has 1 aliphatic rings. The van der Waals surface area contributed by atoms with E-state index in [9.17, 15) is 4.79 Å². The van der Waals surface area contributed by atoms with Crippen LogP contribution in [0.2, 0.25) is 0 Å². The highest BCUT2D eigenvalue weighted by atomic mass is 16.5. The van der Waals surface area contributed by atoms with Crippen LogP contribution in [0.1, 0.15) is 12.8 Å². The SMILES string of the molecule is COc1ccc(NC(=O)[C@H]2CCCN2)cc1OC. The van der Waals surface area contributed by atoms with Gasteiger partial charge in [0.1, 0.15) is 0 Å². The molecule has 1 aromatic carbocycles. The average Bonchev–Trinajstić information content (AvgIpc) is 2.92. The summed E-state index contributed by atoms with van der Waals surface area (Å²) in [5.74, 6) is 1.25. The fourth-order valence-corrected chi connectivity index (χ4v) is 2.05. The molecular weight excluding hydrogens is 232 g/mol. The van der Waals surface area contributed by atoms with Crippen molar-refractivity contribution in [1.29, 1.82) is 0 Å². The molecule has 0 saturated carbocycles. The molecule has 1 amide bonds. The first-order valence-corrected chi connectivity index (χ1v) is 6.01. The molecule has 1 aliphatic heterocycles. The van der Waals surface area contributed by atoms with Crippen LogP contribution >= 0.6 is 0 Å². The summed E-state index contributed by atoms with van der Waals surface area (Å²) in [7, 11) is 3.15. The zero-order chi connectivity index (χ0) is 13.0. The van der Waals surface area contributed by atoms with Gasteiger partial charge in [-0.05, 0) is 31.5 Å². The zero-order valence-electron chi connectivity index (χ0n) is 10.7. The molecule has 0 unspecified atom stereocenters. The van der Waals surface area contributed by atoms with E-state index in [-0.39, 0.29) is 11.9 Å². The van der Waals surface area contributed by atoms with Crippen LogP contribution in [0.15, 0.2) is 18.2 Å². The molecule has 0 spiro atoms. The van der Waals surface area contributed by atoms with E-state index >= 15 is 0 Å². The second-order valence-electron chi connectivity index (χ2n) is 4.21. The maximum absolute atomic E-state index is 11.9. The Morgan fingerprint density at radius 1 is 1.33 bits per heavy atom. The van der Waals surface area contributed by atoms with Crippen LogP contribution in [0, 0.1) is 0 Å². The van der Waals surface area contributed by atoms with E-state index in [1.807, 2.05) is 0 Å². The van der Waals surface area contributed by atoms with Gasteiger partial charge in [0.2, 0.25) is 5.91 Å². The van der Waals surface area contributed by atoms with E-state index in [1.165, 1.54) is 0 Å². The topological polar surface area (TPSA) is 59.6 Å².